The quantitative estimate of drug-likeness (QED) is 0.877. The fraction of sp³-hybridized carbons (Fsp3) is 0.750. The molecule has 1 heterocycles. The van der Waals surface area contributed by atoms with E-state index in [1.165, 1.54) is 49.8 Å². The van der Waals surface area contributed by atoms with Crippen LogP contribution in [0.3, 0.4) is 0 Å². The van der Waals surface area contributed by atoms with Gasteiger partial charge in [0.25, 0.3) is 0 Å². The Bertz CT molecular complexity index is 401. The van der Waals surface area contributed by atoms with Crippen molar-refractivity contribution in [3.8, 4) is 0 Å². The van der Waals surface area contributed by atoms with Crippen molar-refractivity contribution in [2.45, 2.75) is 51.0 Å². The van der Waals surface area contributed by atoms with Gasteiger partial charge in [-0.15, -0.1) is 0 Å². The molecule has 0 radical (unpaired) electrons. The maximum Gasteiger partial charge on any atom is 0.108 e. The van der Waals surface area contributed by atoms with E-state index < -0.39 is 0 Å². The molecular weight excluding hydrogens is 238 g/mol. The summed E-state index contributed by atoms with van der Waals surface area (Å²) < 4.78 is 5.54. The van der Waals surface area contributed by atoms with E-state index in [0.29, 0.717) is 24.5 Å². The highest BCUT2D eigenvalue weighted by Gasteiger charge is 2.27. The normalized spacial score (nSPS) is 31.1. The standard InChI is InChI=1S/C16H25NO2/c18-11-13-5-2-1-4-12(13)10-17-15-6-3-7-16-14(15)8-9-19-16/h8-9,12-13,15,17-18H,1-7,10-11H2. The second-order valence-corrected chi connectivity index (χ2v) is 6.14. The molecule has 1 saturated carbocycles. The number of hydrogen-bond acceptors (Lipinski definition) is 3. The summed E-state index contributed by atoms with van der Waals surface area (Å²) in [4.78, 5) is 0. The van der Waals surface area contributed by atoms with Crippen molar-refractivity contribution < 1.29 is 9.52 Å². The minimum atomic E-state index is 0.355. The Morgan fingerprint density at radius 3 is 2.84 bits per heavy atom. The van der Waals surface area contributed by atoms with Crippen LogP contribution < -0.4 is 5.32 Å². The highest BCUT2D eigenvalue weighted by Crippen LogP contribution is 2.33. The van der Waals surface area contributed by atoms with E-state index in [1.54, 1.807) is 0 Å². The second-order valence-electron chi connectivity index (χ2n) is 6.14. The lowest BCUT2D eigenvalue weighted by atomic mass is 9.79. The van der Waals surface area contributed by atoms with E-state index >= 15 is 0 Å². The van der Waals surface area contributed by atoms with Crippen LogP contribution in [-0.2, 0) is 6.42 Å². The van der Waals surface area contributed by atoms with Crippen LogP contribution in [-0.4, -0.2) is 18.3 Å². The van der Waals surface area contributed by atoms with Gasteiger partial charge in [0.2, 0.25) is 0 Å². The monoisotopic (exact) mass is 263 g/mol. The maximum atomic E-state index is 9.48. The van der Waals surface area contributed by atoms with Gasteiger partial charge in [0.05, 0.1) is 6.26 Å². The maximum absolute atomic E-state index is 9.48. The van der Waals surface area contributed by atoms with Crippen molar-refractivity contribution in [3.05, 3.63) is 23.7 Å². The van der Waals surface area contributed by atoms with Crippen molar-refractivity contribution in [3.63, 3.8) is 0 Å². The summed E-state index contributed by atoms with van der Waals surface area (Å²) in [5, 5.41) is 13.2. The summed E-state index contributed by atoms with van der Waals surface area (Å²) in [5.74, 6) is 2.33. The average Bonchev–Trinajstić information content (AvgIpc) is 2.94. The van der Waals surface area contributed by atoms with Gasteiger partial charge in [0, 0.05) is 24.6 Å². The molecule has 3 atom stereocenters. The largest absolute Gasteiger partial charge is 0.469 e. The van der Waals surface area contributed by atoms with Crippen LogP contribution in [0.2, 0.25) is 0 Å². The fourth-order valence-corrected chi connectivity index (χ4v) is 3.79. The Labute approximate surface area is 115 Å². The zero-order valence-electron chi connectivity index (χ0n) is 11.6. The van der Waals surface area contributed by atoms with Crippen LogP contribution in [0.4, 0.5) is 0 Å². The summed E-state index contributed by atoms with van der Waals surface area (Å²) in [7, 11) is 0. The molecular formula is C16H25NO2. The van der Waals surface area contributed by atoms with E-state index in [4.69, 9.17) is 4.42 Å². The number of rotatable bonds is 4. The van der Waals surface area contributed by atoms with Crippen LogP contribution in [0.15, 0.2) is 16.7 Å². The van der Waals surface area contributed by atoms with Crippen molar-refractivity contribution >= 4 is 0 Å². The first-order valence-corrected chi connectivity index (χ1v) is 7.79. The van der Waals surface area contributed by atoms with Gasteiger partial charge in [-0.25, -0.2) is 0 Å². The third-order valence-electron chi connectivity index (χ3n) is 4.98. The van der Waals surface area contributed by atoms with E-state index in [-0.39, 0.29) is 0 Å². The summed E-state index contributed by atoms with van der Waals surface area (Å²) in [5.41, 5.74) is 1.36. The summed E-state index contributed by atoms with van der Waals surface area (Å²) in [6.07, 6.45) is 10.4. The highest BCUT2D eigenvalue weighted by atomic mass is 16.3. The number of nitrogens with one attached hydrogen (secondary N) is 1. The van der Waals surface area contributed by atoms with E-state index in [1.807, 2.05) is 6.26 Å². The minimum absolute atomic E-state index is 0.355. The average molecular weight is 263 g/mol. The number of hydrogen-bond donors (Lipinski definition) is 2. The molecule has 0 aliphatic heterocycles. The van der Waals surface area contributed by atoms with Gasteiger partial charge in [-0.3, -0.25) is 0 Å². The Morgan fingerprint density at radius 1 is 1.16 bits per heavy atom. The van der Waals surface area contributed by atoms with E-state index in [2.05, 4.69) is 11.4 Å². The first kappa shape index (κ1) is 13.2. The number of fused-ring (bicyclic) bond motifs is 1. The SMILES string of the molecule is OCC1CCCCC1CNC1CCCc2occc21. The Morgan fingerprint density at radius 2 is 2.00 bits per heavy atom. The predicted molar refractivity (Wildman–Crippen MR) is 74.9 cm³/mol. The molecule has 0 spiro atoms. The molecule has 106 valence electrons. The Kier molecular flexibility index (Phi) is 4.24. The zero-order chi connectivity index (χ0) is 13.1. The number of aliphatic hydroxyl groups is 1. The van der Waals surface area contributed by atoms with Crippen LogP contribution in [0.1, 0.15) is 55.9 Å². The van der Waals surface area contributed by atoms with Gasteiger partial charge >= 0.3 is 0 Å². The summed E-state index contributed by atoms with van der Waals surface area (Å²) >= 11 is 0. The van der Waals surface area contributed by atoms with Crippen molar-refractivity contribution in [1.29, 1.82) is 0 Å². The fourth-order valence-electron chi connectivity index (χ4n) is 3.79. The molecule has 0 amide bonds. The molecule has 19 heavy (non-hydrogen) atoms. The number of aryl methyl sites for hydroxylation is 1. The molecule has 3 heteroatoms. The van der Waals surface area contributed by atoms with Crippen LogP contribution in [0, 0.1) is 11.8 Å². The van der Waals surface area contributed by atoms with Crippen LogP contribution in [0.25, 0.3) is 0 Å². The van der Waals surface area contributed by atoms with Gasteiger partial charge in [-0.05, 0) is 50.1 Å². The second kappa shape index (κ2) is 6.10. The minimum Gasteiger partial charge on any atom is -0.469 e. The molecule has 1 fully saturated rings. The van der Waals surface area contributed by atoms with Crippen molar-refractivity contribution in [2.24, 2.45) is 11.8 Å². The van der Waals surface area contributed by atoms with Crippen LogP contribution in [0.5, 0.6) is 0 Å². The molecule has 0 aromatic carbocycles. The molecule has 1 aromatic heterocycles. The lowest BCUT2D eigenvalue weighted by Crippen LogP contribution is -2.35. The Balaban J connectivity index is 1.58. The van der Waals surface area contributed by atoms with Gasteiger partial charge < -0.3 is 14.8 Å². The molecule has 3 rings (SSSR count). The van der Waals surface area contributed by atoms with E-state index in [0.717, 1.165) is 13.0 Å². The first-order chi connectivity index (χ1) is 9.38. The summed E-state index contributed by atoms with van der Waals surface area (Å²) in [6.45, 7) is 1.40. The zero-order valence-corrected chi connectivity index (χ0v) is 11.6. The van der Waals surface area contributed by atoms with Crippen molar-refractivity contribution in [1.82, 2.24) is 5.32 Å². The highest BCUT2D eigenvalue weighted by molar-refractivity contribution is 5.24. The molecule has 3 unspecified atom stereocenters. The van der Waals surface area contributed by atoms with Gasteiger partial charge in [-0.2, -0.15) is 0 Å². The molecule has 2 aliphatic carbocycles. The molecule has 3 nitrogen and oxygen atoms in total. The molecule has 0 saturated heterocycles. The third kappa shape index (κ3) is 2.87. The third-order valence-corrected chi connectivity index (χ3v) is 4.98. The van der Waals surface area contributed by atoms with E-state index in [9.17, 15) is 5.11 Å². The number of furan rings is 1. The topological polar surface area (TPSA) is 45.4 Å². The lowest BCUT2D eigenvalue weighted by Gasteiger charge is -2.32. The molecule has 2 aliphatic rings. The molecule has 1 aromatic rings. The predicted octanol–water partition coefficient (Wildman–Crippen LogP) is 3.05. The first-order valence-electron chi connectivity index (χ1n) is 7.79. The lowest BCUT2D eigenvalue weighted by molar-refractivity contribution is 0.130. The van der Waals surface area contributed by atoms with Gasteiger partial charge in [0.15, 0.2) is 0 Å². The smallest absolute Gasteiger partial charge is 0.108 e. The van der Waals surface area contributed by atoms with Gasteiger partial charge in [-0.1, -0.05) is 12.8 Å². The summed E-state index contributed by atoms with van der Waals surface area (Å²) in [6, 6.07) is 2.58. The van der Waals surface area contributed by atoms with Crippen LogP contribution >= 0.6 is 0 Å². The Hall–Kier alpha value is -0.800. The number of aliphatic hydroxyl groups excluding tert-OH is 1. The molecule has 2 N–H and O–H groups in total. The molecule has 0 bridgehead atoms. The van der Waals surface area contributed by atoms with Gasteiger partial charge in [0.1, 0.15) is 5.76 Å². The van der Waals surface area contributed by atoms with Crippen molar-refractivity contribution in [2.75, 3.05) is 13.2 Å².